The normalized spacial score (nSPS) is 39.9. The van der Waals surface area contributed by atoms with Crippen LogP contribution in [-0.4, -0.2) is 12.1 Å². The summed E-state index contributed by atoms with van der Waals surface area (Å²) in [5, 5.41) is 0. The van der Waals surface area contributed by atoms with Gasteiger partial charge in [0.25, 0.3) is 0 Å². The third-order valence-electron chi connectivity index (χ3n) is 9.33. The molecule has 4 aliphatic carbocycles. The van der Waals surface area contributed by atoms with Gasteiger partial charge >= 0.3 is 5.97 Å². The molecule has 5 rings (SSSR count). The monoisotopic (exact) mass is 404 g/mol. The molecule has 0 unspecified atom stereocenters. The summed E-state index contributed by atoms with van der Waals surface area (Å²) < 4.78 is 5.59. The van der Waals surface area contributed by atoms with E-state index in [9.17, 15) is 4.79 Å². The second-order valence-electron chi connectivity index (χ2n) is 10.9. The Hall–Kier alpha value is -1.83. The second kappa shape index (κ2) is 7.11. The van der Waals surface area contributed by atoms with Gasteiger partial charge in [-0.15, -0.1) is 0 Å². The lowest BCUT2D eigenvalue weighted by Gasteiger charge is -2.57. The van der Waals surface area contributed by atoms with E-state index in [0.29, 0.717) is 10.8 Å². The Morgan fingerprint density at radius 1 is 0.967 bits per heavy atom. The number of carbonyl (C=O) groups excluding carboxylic acids is 1. The maximum Gasteiger partial charge on any atom is 0.302 e. The minimum absolute atomic E-state index is 0.0912. The first kappa shape index (κ1) is 20.1. The molecule has 2 nitrogen and oxygen atoms in total. The number of benzene rings is 1. The summed E-state index contributed by atoms with van der Waals surface area (Å²) in [7, 11) is 0. The largest absolute Gasteiger partial charge is 0.462 e. The van der Waals surface area contributed by atoms with Gasteiger partial charge in [0, 0.05) is 13.3 Å². The predicted molar refractivity (Wildman–Crippen MR) is 122 cm³/mol. The highest BCUT2D eigenvalue weighted by atomic mass is 16.5. The summed E-state index contributed by atoms with van der Waals surface area (Å²) in [6.07, 6.45) is 13.4. The highest BCUT2D eigenvalue weighted by Gasteiger charge is 2.56. The van der Waals surface area contributed by atoms with E-state index >= 15 is 0 Å². The molecule has 160 valence electrons. The molecule has 0 amide bonds. The van der Waals surface area contributed by atoms with Crippen molar-refractivity contribution >= 4 is 11.5 Å². The third kappa shape index (κ3) is 3.01. The van der Waals surface area contributed by atoms with E-state index < -0.39 is 0 Å². The van der Waals surface area contributed by atoms with Gasteiger partial charge in [-0.1, -0.05) is 61.4 Å². The minimum Gasteiger partial charge on any atom is -0.462 e. The molecule has 2 heteroatoms. The van der Waals surface area contributed by atoms with Crippen LogP contribution in [0.4, 0.5) is 0 Å². The summed E-state index contributed by atoms with van der Waals surface area (Å²) in [6, 6.07) is 9.18. The number of rotatable bonds is 2. The fourth-order valence-corrected chi connectivity index (χ4v) is 7.71. The number of allylic oxidation sites excluding steroid dienone is 3. The molecule has 1 aromatic carbocycles. The second-order valence-corrected chi connectivity index (χ2v) is 10.9. The molecule has 0 saturated heterocycles. The van der Waals surface area contributed by atoms with Crippen molar-refractivity contribution in [2.24, 2.45) is 28.6 Å². The van der Waals surface area contributed by atoms with Gasteiger partial charge in [0.2, 0.25) is 0 Å². The highest BCUT2D eigenvalue weighted by molar-refractivity contribution is 5.73. The molecule has 4 aliphatic rings. The van der Waals surface area contributed by atoms with Crippen LogP contribution >= 0.6 is 0 Å². The number of aryl methyl sites for hydroxylation is 1. The van der Waals surface area contributed by atoms with Crippen molar-refractivity contribution in [3.63, 3.8) is 0 Å². The zero-order valence-corrected chi connectivity index (χ0v) is 19.0. The van der Waals surface area contributed by atoms with Crippen molar-refractivity contribution in [3.8, 4) is 0 Å². The number of hydrogen-bond acceptors (Lipinski definition) is 2. The lowest BCUT2D eigenvalue weighted by Crippen LogP contribution is -2.50. The van der Waals surface area contributed by atoms with Crippen molar-refractivity contribution in [2.75, 3.05) is 0 Å². The maximum atomic E-state index is 11.5. The van der Waals surface area contributed by atoms with Crippen LogP contribution in [0, 0.1) is 35.5 Å². The summed E-state index contributed by atoms with van der Waals surface area (Å²) in [4.78, 5) is 11.5. The van der Waals surface area contributed by atoms with Crippen LogP contribution in [0.5, 0.6) is 0 Å². The number of ether oxygens (including phenoxy) is 1. The van der Waals surface area contributed by atoms with Gasteiger partial charge in [-0.2, -0.15) is 0 Å². The average Bonchev–Trinajstić information content (AvgIpc) is 3.06. The van der Waals surface area contributed by atoms with Crippen LogP contribution in [0.15, 0.2) is 42.0 Å². The maximum absolute atomic E-state index is 11.5. The lowest BCUT2D eigenvalue weighted by molar-refractivity contribution is -0.148. The van der Waals surface area contributed by atoms with Gasteiger partial charge in [0.15, 0.2) is 0 Å². The van der Waals surface area contributed by atoms with Crippen molar-refractivity contribution in [2.45, 2.75) is 78.7 Å². The average molecular weight is 405 g/mol. The standard InChI is InChI=1S/C28H36O2/c1-18-5-7-20(8-6-18)24-11-12-25-23-10-9-21-17-22(30-19(2)29)13-15-27(21,3)26(23)14-16-28(24,25)4/h5-9,11,22-23,25-26H,10,12-17H2,1-4H3/t22-,23-,25-,26-,27-,28+/m0/s1. The molecule has 2 saturated carbocycles. The van der Waals surface area contributed by atoms with E-state index in [1.165, 1.54) is 43.2 Å². The Morgan fingerprint density at radius 2 is 1.70 bits per heavy atom. The molecule has 0 bridgehead atoms. The van der Waals surface area contributed by atoms with E-state index in [2.05, 4.69) is 57.2 Å². The van der Waals surface area contributed by atoms with Crippen molar-refractivity contribution in [3.05, 3.63) is 53.1 Å². The van der Waals surface area contributed by atoms with Crippen LogP contribution in [-0.2, 0) is 9.53 Å². The summed E-state index contributed by atoms with van der Waals surface area (Å²) in [6.45, 7) is 8.78. The van der Waals surface area contributed by atoms with E-state index in [1.54, 1.807) is 18.1 Å². The first-order valence-corrected chi connectivity index (χ1v) is 12.0. The Labute approximate surface area is 181 Å². The number of esters is 1. The third-order valence-corrected chi connectivity index (χ3v) is 9.33. The minimum atomic E-state index is -0.132. The number of hydrogen-bond donors (Lipinski definition) is 0. The Bertz CT molecular complexity index is 907. The van der Waals surface area contributed by atoms with E-state index in [4.69, 9.17) is 4.74 Å². The highest BCUT2D eigenvalue weighted by Crippen LogP contribution is 2.66. The van der Waals surface area contributed by atoms with Crippen molar-refractivity contribution < 1.29 is 9.53 Å². The molecular formula is C28H36O2. The Morgan fingerprint density at radius 3 is 2.43 bits per heavy atom. The van der Waals surface area contributed by atoms with Gasteiger partial charge in [-0.25, -0.2) is 0 Å². The first-order valence-electron chi connectivity index (χ1n) is 12.0. The lowest BCUT2D eigenvalue weighted by atomic mass is 9.47. The van der Waals surface area contributed by atoms with E-state index in [1.807, 2.05) is 0 Å². The molecule has 0 aromatic heterocycles. The first-order chi connectivity index (χ1) is 14.3. The molecule has 1 aromatic rings. The van der Waals surface area contributed by atoms with Crippen molar-refractivity contribution in [1.29, 1.82) is 0 Å². The smallest absolute Gasteiger partial charge is 0.302 e. The fraction of sp³-hybridized carbons (Fsp3) is 0.607. The van der Waals surface area contributed by atoms with Gasteiger partial charge < -0.3 is 4.74 Å². The predicted octanol–water partition coefficient (Wildman–Crippen LogP) is 6.88. The van der Waals surface area contributed by atoms with Crippen LogP contribution in [0.25, 0.3) is 5.57 Å². The van der Waals surface area contributed by atoms with Crippen LogP contribution in [0.2, 0.25) is 0 Å². The van der Waals surface area contributed by atoms with Gasteiger partial charge in [0.05, 0.1) is 0 Å². The summed E-state index contributed by atoms with van der Waals surface area (Å²) in [5.41, 5.74) is 6.56. The van der Waals surface area contributed by atoms with E-state index in [-0.39, 0.29) is 12.1 Å². The quantitative estimate of drug-likeness (QED) is 0.396. The molecule has 0 heterocycles. The molecule has 0 aliphatic heterocycles. The van der Waals surface area contributed by atoms with Crippen molar-refractivity contribution in [1.82, 2.24) is 0 Å². The number of carbonyl (C=O) groups is 1. The molecule has 30 heavy (non-hydrogen) atoms. The molecule has 0 radical (unpaired) electrons. The molecular weight excluding hydrogens is 368 g/mol. The Balaban J connectivity index is 1.40. The van der Waals surface area contributed by atoms with Crippen LogP contribution < -0.4 is 0 Å². The SMILES string of the molecule is CC(=O)O[C@H]1CC[C@@]2(C)C(=CC[C@@H]3[C@@H]2CC[C@]2(C)C(c4ccc(C)cc4)=CC[C@@H]32)C1. The molecule has 0 N–H and O–H groups in total. The zero-order chi connectivity index (χ0) is 21.1. The molecule has 6 atom stereocenters. The number of fused-ring (bicyclic) bond motifs is 5. The van der Waals surface area contributed by atoms with Crippen LogP contribution in [0.3, 0.4) is 0 Å². The zero-order valence-electron chi connectivity index (χ0n) is 19.0. The van der Waals surface area contributed by atoms with Gasteiger partial charge in [-0.05, 0) is 85.2 Å². The van der Waals surface area contributed by atoms with Gasteiger partial charge in [-0.3, -0.25) is 4.79 Å². The topological polar surface area (TPSA) is 26.3 Å². The summed E-state index contributed by atoms with van der Waals surface area (Å²) >= 11 is 0. The van der Waals surface area contributed by atoms with E-state index in [0.717, 1.165) is 30.6 Å². The molecule has 0 spiro atoms. The molecule has 2 fully saturated rings. The fourth-order valence-electron chi connectivity index (χ4n) is 7.71. The van der Waals surface area contributed by atoms with Gasteiger partial charge in [0.1, 0.15) is 6.10 Å². The van der Waals surface area contributed by atoms with Crippen LogP contribution in [0.1, 0.15) is 76.8 Å². The summed E-state index contributed by atoms with van der Waals surface area (Å²) in [5.74, 6) is 2.18. The Kier molecular flexibility index (Phi) is 4.76.